The number of fused-ring (bicyclic) bond motifs is 1. The van der Waals surface area contributed by atoms with Gasteiger partial charge >= 0.3 is 0 Å². The van der Waals surface area contributed by atoms with E-state index in [1.165, 1.54) is 6.20 Å². The Labute approximate surface area is 146 Å². The molecule has 0 aliphatic carbocycles. The lowest BCUT2D eigenvalue weighted by molar-refractivity contribution is 0.0949. The summed E-state index contributed by atoms with van der Waals surface area (Å²) in [7, 11) is 1.85. The van der Waals surface area contributed by atoms with Crippen molar-refractivity contribution in [2.45, 2.75) is 13.0 Å². The van der Waals surface area contributed by atoms with Gasteiger partial charge < -0.3 is 14.4 Å². The summed E-state index contributed by atoms with van der Waals surface area (Å²) in [5, 5.41) is 8.65. The van der Waals surface area contributed by atoms with Gasteiger partial charge in [-0.05, 0) is 17.5 Å². The first kappa shape index (κ1) is 15.5. The van der Waals surface area contributed by atoms with Crippen LogP contribution >= 0.6 is 11.3 Å². The molecule has 0 saturated carbocycles. The van der Waals surface area contributed by atoms with Gasteiger partial charge in [-0.3, -0.25) is 4.79 Å². The van der Waals surface area contributed by atoms with Crippen molar-refractivity contribution < 1.29 is 9.32 Å². The molecule has 0 aliphatic rings. The standard InChI is InChI=1S/C16H14N6O2S/c1-22-9-19-12-5-10(7-17-15(12)22)16(23)18-8-13-20-14(24-21-13)6-11-3-2-4-25-11/h2-5,7,9H,6,8H2,1H3,(H,18,23). The van der Waals surface area contributed by atoms with Crippen molar-refractivity contribution in [3.8, 4) is 0 Å². The second kappa shape index (κ2) is 6.44. The van der Waals surface area contributed by atoms with Crippen LogP contribution < -0.4 is 5.32 Å². The van der Waals surface area contributed by atoms with E-state index in [1.807, 2.05) is 24.6 Å². The first-order chi connectivity index (χ1) is 12.2. The summed E-state index contributed by atoms with van der Waals surface area (Å²) in [6.45, 7) is 0.188. The molecule has 0 unspecified atom stereocenters. The molecule has 1 amide bonds. The number of thiophene rings is 1. The zero-order valence-electron chi connectivity index (χ0n) is 13.3. The summed E-state index contributed by atoms with van der Waals surface area (Å²) in [5.74, 6) is 0.708. The summed E-state index contributed by atoms with van der Waals surface area (Å²) in [6.07, 6.45) is 3.78. The van der Waals surface area contributed by atoms with Gasteiger partial charge in [-0.25, -0.2) is 9.97 Å². The van der Waals surface area contributed by atoms with Crippen molar-refractivity contribution in [2.75, 3.05) is 0 Å². The van der Waals surface area contributed by atoms with Gasteiger partial charge in [0.1, 0.15) is 5.52 Å². The Morgan fingerprint density at radius 1 is 1.40 bits per heavy atom. The quantitative estimate of drug-likeness (QED) is 0.588. The minimum atomic E-state index is -0.260. The Balaban J connectivity index is 1.40. The highest BCUT2D eigenvalue weighted by atomic mass is 32.1. The summed E-state index contributed by atoms with van der Waals surface area (Å²) >= 11 is 1.63. The van der Waals surface area contributed by atoms with Gasteiger partial charge in [0.15, 0.2) is 11.5 Å². The molecule has 25 heavy (non-hydrogen) atoms. The Hall–Kier alpha value is -3.07. The fourth-order valence-electron chi connectivity index (χ4n) is 2.40. The number of imidazole rings is 1. The molecule has 4 rings (SSSR count). The number of pyridine rings is 1. The summed E-state index contributed by atoms with van der Waals surface area (Å²) in [4.78, 5) is 26.1. The van der Waals surface area contributed by atoms with Crippen molar-refractivity contribution in [1.82, 2.24) is 30.0 Å². The number of nitrogens with zero attached hydrogens (tertiary/aromatic N) is 5. The molecule has 1 N–H and O–H groups in total. The van der Waals surface area contributed by atoms with Gasteiger partial charge in [-0.2, -0.15) is 4.98 Å². The maximum absolute atomic E-state index is 12.3. The molecule has 8 nitrogen and oxygen atoms in total. The van der Waals surface area contributed by atoms with Crippen LogP contribution in [0.25, 0.3) is 11.2 Å². The molecule has 4 aromatic heterocycles. The average molecular weight is 354 g/mol. The van der Waals surface area contributed by atoms with Crippen molar-refractivity contribution in [1.29, 1.82) is 0 Å². The largest absolute Gasteiger partial charge is 0.345 e. The lowest BCUT2D eigenvalue weighted by Crippen LogP contribution is -2.23. The fraction of sp³-hybridized carbons (Fsp3) is 0.188. The number of amides is 1. The Morgan fingerprint density at radius 3 is 3.16 bits per heavy atom. The van der Waals surface area contributed by atoms with Crippen LogP contribution in [0.1, 0.15) is 27.0 Å². The maximum Gasteiger partial charge on any atom is 0.253 e. The van der Waals surface area contributed by atoms with E-state index in [9.17, 15) is 4.79 Å². The van der Waals surface area contributed by atoms with Crippen LogP contribution in [-0.2, 0) is 20.0 Å². The Morgan fingerprint density at radius 2 is 2.32 bits per heavy atom. The van der Waals surface area contributed by atoms with Crippen LogP contribution in [-0.4, -0.2) is 30.6 Å². The molecule has 0 radical (unpaired) electrons. The minimum absolute atomic E-state index is 0.188. The van der Waals surface area contributed by atoms with Crippen LogP contribution in [0.15, 0.2) is 40.6 Å². The average Bonchev–Trinajstić information content (AvgIpc) is 3.36. The molecular weight excluding hydrogens is 340 g/mol. The molecule has 9 heteroatoms. The number of carbonyl (C=O) groups excluding carboxylic acids is 1. The fourth-order valence-corrected chi connectivity index (χ4v) is 3.09. The SMILES string of the molecule is Cn1cnc2cc(C(=O)NCc3noc(Cc4cccs4)n3)cnc21. The van der Waals surface area contributed by atoms with E-state index < -0.39 is 0 Å². The summed E-state index contributed by atoms with van der Waals surface area (Å²) < 4.78 is 7.00. The molecule has 0 atom stereocenters. The number of aryl methyl sites for hydroxylation is 1. The van der Waals surface area contributed by atoms with E-state index in [0.29, 0.717) is 29.2 Å². The van der Waals surface area contributed by atoms with Gasteiger partial charge in [-0.15, -0.1) is 11.3 Å². The van der Waals surface area contributed by atoms with Crippen molar-refractivity contribution >= 4 is 28.4 Å². The molecule has 0 saturated heterocycles. The number of hydrogen-bond acceptors (Lipinski definition) is 7. The third-order valence-corrected chi connectivity index (χ3v) is 4.51. The molecule has 126 valence electrons. The summed E-state index contributed by atoms with van der Waals surface area (Å²) in [6, 6.07) is 5.69. The van der Waals surface area contributed by atoms with Gasteiger partial charge in [0.05, 0.1) is 24.9 Å². The maximum atomic E-state index is 12.3. The van der Waals surface area contributed by atoms with E-state index >= 15 is 0 Å². The molecule has 0 fully saturated rings. The molecule has 0 aromatic carbocycles. The van der Waals surface area contributed by atoms with Crippen molar-refractivity contribution in [3.05, 3.63) is 58.3 Å². The highest BCUT2D eigenvalue weighted by Crippen LogP contribution is 2.14. The Bertz CT molecular complexity index is 1020. The third-order valence-electron chi connectivity index (χ3n) is 3.64. The summed E-state index contributed by atoms with van der Waals surface area (Å²) in [5.41, 5.74) is 1.84. The molecule has 0 spiro atoms. The number of hydrogen-bond donors (Lipinski definition) is 1. The number of nitrogens with one attached hydrogen (secondary N) is 1. The zero-order valence-corrected chi connectivity index (χ0v) is 14.2. The second-order valence-electron chi connectivity index (χ2n) is 5.47. The third kappa shape index (κ3) is 3.26. The first-order valence-corrected chi connectivity index (χ1v) is 8.46. The van der Waals surface area contributed by atoms with Crippen LogP contribution in [0.4, 0.5) is 0 Å². The predicted octanol–water partition coefficient (Wildman–Crippen LogP) is 1.93. The van der Waals surface area contributed by atoms with Gasteiger partial charge in [-0.1, -0.05) is 11.2 Å². The lowest BCUT2D eigenvalue weighted by atomic mass is 10.2. The van der Waals surface area contributed by atoms with Crippen LogP contribution in [0.2, 0.25) is 0 Å². The van der Waals surface area contributed by atoms with E-state index in [1.54, 1.807) is 28.3 Å². The topological polar surface area (TPSA) is 98.7 Å². The van der Waals surface area contributed by atoms with E-state index in [4.69, 9.17) is 4.52 Å². The van der Waals surface area contributed by atoms with Crippen molar-refractivity contribution in [3.63, 3.8) is 0 Å². The second-order valence-corrected chi connectivity index (χ2v) is 6.50. The van der Waals surface area contributed by atoms with Gasteiger partial charge in [0.25, 0.3) is 5.91 Å². The number of carbonyl (C=O) groups is 1. The lowest BCUT2D eigenvalue weighted by Gasteiger charge is -2.02. The minimum Gasteiger partial charge on any atom is -0.345 e. The van der Waals surface area contributed by atoms with Crippen LogP contribution in [0.5, 0.6) is 0 Å². The monoisotopic (exact) mass is 354 g/mol. The molecule has 4 heterocycles. The normalized spacial score (nSPS) is 11.1. The smallest absolute Gasteiger partial charge is 0.253 e. The molecule has 0 bridgehead atoms. The number of aromatic nitrogens is 5. The number of rotatable bonds is 5. The first-order valence-electron chi connectivity index (χ1n) is 7.58. The van der Waals surface area contributed by atoms with E-state index in [-0.39, 0.29) is 12.5 Å². The molecule has 4 aromatic rings. The highest BCUT2D eigenvalue weighted by Gasteiger charge is 2.12. The predicted molar refractivity (Wildman–Crippen MR) is 91.1 cm³/mol. The molecular formula is C16H14N6O2S. The highest BCUT2D eigenvalue weighted by molar-refractivity contribution is 7.09. The van der Waals surface area contributed by atoms with E-state index in [0.717, 1.165) is 10.5 Å². The van der Waals surface area contributed by atoms with Crippen LogP contribution in [0, 0.1) is 0 Å². The van der Waals surface area contributed by atoms with Gasteiger partial charge in [0, 0.05) is 18.1 Å². The van der Waals surface area contributed by atoms with E-state index in [2.05, 4.69) is 25.4 Å². The van der Waals surface area contributed by atoms with Crippen LogP contribution in [0.3, 0.4) is 0 Å². The zero-order chi connectivity index (χ0) is 17.2. The van der Waals surface area contributed by atoms with Crippen molar-refractivity contribution in [2.24, 2.45) is 7.05 Å². The Kier molecular flexibility index (Phi) is 3.98. The van der Waals surface area contributed by atoms with Gasteiger partial charge in [0.2, 0.25) is 5.89 Å². The molecule has 0 aliphatic heterocycles.